The smallest absolute Gasteiger partial charge is 0.298 e. The lowest BCUT2D eigenvalue weighted by molar-refractivity contribution is -0.385. The van der Waals surface area contributed by atoms with Gasteiger partial charge in [-0.2, -0.15) is 8.42 Å². The van der Waals surface area contributed by atoms with E-state index in [4.69, 9.17) is 0 Å². The molecular weight excluding hydrogens is 388 g/mol. The van der Waals surface area contributed by atoms with Crippen molar-refractivity contribution in [3.8, 4) is 5.75 Å². The molecule has 9 nitrogen and oxygen atoms in total. The average molecular weight is 402 g/mol. The van der Waals surface area contributed by atoms with Gasteiger partial charge in [0.25, 0.3) is 21.7 Å². The lowest BCUT2D eigenvalue weighted by atomic mass is 10.1. The molecule has 3 rings (SSSR count). The molecule has 0 aliphatic rings. The van der Waals surface area contributed by atoms with Gasteiger partial charge in [-0.1, -0.05) is 24.3 Å². The van der Waals surface area contributed by atoms with Crippen LogP contribution in [0.5, 0.6) is 5.75 Å². The second kappa shape index (κ2) is 6.91. The molecule has 3 N–H and O–H groups in total. The van der Waals surface area contributed by atoms with Crippen LogP contribution in [-0.2, 0) is 10.1 Å². The van der Waals surface area contributed by atoms with Gasteiger partial charge in [0, 0.05) is 28.0 Å². The van der Waals surface area contributed by atoms with E-state index >= 15 is 0 Å². The molecule has 3 aromatic carbocycles. The number of carbonyl (C=O) groups is 1. The molecule has 28 heavy (non-hydrogen) atoms. The SMILES string of the molecule is Cc1cc(C(=O)Nc2cc(S(=O)(=O)O)c(O)c3ccccc23)ccc1[N+](=O)[O-]. The Kier molecular flexibility index (Phi) is 4.75. The molecule has 0 heterocycles. The largest absolute Gasteiger partial charge is 0.506 e. The number of phenolic OH excluding ortho intramolecular Hbond substituents is 1. The maximum Gasteiger partial charge on any atom is 0.298 e. The summed E-state index contributed by atoms with van der Waals surface area (Å²) in [6.45, 7) is 1.49. The molecule has 0 saturated carbocycles. The van der Waals surface area contributed by atoms with Gasteiger partial charge < -0.3 is 10.4 Å². The van der Waals surface area contributed by atoms with E-state index in [0.717, 1.165) is 6.07 Å². The molecule has 0 aliphatic carbocycles. The van der Waals surface area contributed by atoms with Crippen molar-refractivity contribution in [3.05, 3.63) is 69.8 Å². The van der Waals surface area contributed by atoms with Crippen LogP contribution in [0, 0.1) is 17.0 Å². The van der Waals surface area contributed by atoms with Crippen LogP contribution in [-0.4, -0.2) is 28.9 Å². The number of nitrogens with zero attached hydrogens (tertiary/aromatic N) is 1. The number of phenols is 1. The molecule has 0 atom stereocenters. The molecule has 0 aliphatic heterocycles. The highest BCUT2D eigenvalue weighted by atomic mass is 32.2. The predicted molar refractivity (Wildman–Crippen MR) is 101 cm³/mol. The van der Waals surface area contributed by atoms with E-state index in [-0.39, 0.29) is 27.9 Å². The minimum absolute atomic E-state index is 0.0435. The Balaban J connectivity index is 2.09. The van der Waals surface area contributed by atoms with Crippen molar-refractivity contribution in [1.29, 1.82) is 0 Å². The fourth-order valence-electron chi connectivity index (χ4n) is 2.83. The van der Waals surface area contributed by atoms with Gasteiger partial charge in [-0.25, -0.2) is 0 Å². The number of nitro benzene ring substituents is 1. The standard InChI is InChI=1S/C18H14N2O7S/c1-10-8-11(6-7-15(10)20(23)24)18(22)19-14-9-16(28(25,26)27)17(21)13-5-3-2-4-12(13)14/h2-9,21H,1H3,(H,19,22)(H,25,26,27). The highest BCUT2D eigenvalue weighted by molar-refractivity contribution is 7.86. The summed E-state index contributed by atoms with van der Waals surface area (Å²) < 4.78 is 32.5. The predicted octanol–water partition coefficient (Wildman–Crippen LogP) is 3.26. The van der Waals surface area contributed by atoms with Crippen molar-refractivity contribution in [3.63, 3.8) is 0 Å². The first-order valence-electron chi connectivity index (χ1n) is 7.88. The van der Waals surface area contributed by atoms with Crippen molar-refractivity contribution >= 4 is 38.2 Å². The zero-order chi connectivity index (χ0) is 20.6. The fourth-order valence-corrected chi connectivity index (χ4v) is 3.45. The Labute approximate surface area is 159 Å². The number of hydrogen-bond donors (Lipinski definition) is 3. The van der Waals surface area contributed by atoms with Crippen LogP contribution in [0.15, 0.2) is 53.4 Å². The van der Waals surface area contributed by atoms with Gasteiger partial charge in [0.2, 0.25) is 0 Å². The van der Waals surface area contributed by atoms with E-state index in [2.05, 4.69) is 5.32 Å². The first-order chi connectivity index (χ1) is 13.1. The van der Waals surface area contributed by atoms with Crippen molar-refractivity contribution in [2.24, 2.45) is 0 Å². The monoisotopic (exact) mass is 402 g/mol. The Hall–Kier alpha value is -3.50. The number of aryl methyl sites for hydroxylation is 1. The third kappa shape index (κ3) is 3.50. The number of hydrogen-bond acceptors (Lipinski definition) is 6. The van der Waals surface area contributed by atoms with Crippen molar-refractivity contribution in [1.82, 2.24) is 0 Å². The van der Waals surface area contributed by atoms with Gasteiger partial charge in [-0.05, 0) is 25.1 Å². The van der Waals surface area contributed by atoms with Crippen molar-refractivity contribution in [2.75, 3.05) is 5.32 Å². The van der Waals surface area contributed by atoms with Crippen LogP contribution < -0.4 is 5.32 Å². The molecule has 144 valence electrons. The summed E-state index contributed by atoms with van der Waals surface area (Å²) in [6.07, 6.45) is 0. The number of fused-ring (bicyclic) bond motifs is 1. The maximum atomic E-state index is 12.6. The maximum absolute atomic E-state index is 12.6. The summed E-state index contributed by atoms with van der Waals surface area (Å²) in [7, 11) is -4.75. The molecule has 0 bridgehead atoms. The number of rotatable bonds is 4. The summed E-state index contributed by atoms with van der Waals surface area (Å²) >= 11 is 0. The molecule has 0 aromatic heterocycles. The number of carbonyl (C=O) groups excluding carboxylic acids is 1. The summed E-state index contributed by atoms with van der Waals surface area (Å²) in [4.78, 5) is 22.2. The minimum atomic E-state index is -4.75. The lowest BCUT2D eigenvalue weighted by Gasteiger charge is -2.13. The normalized spacial score (nSPS) is 11.4. The van der Waals surface area contributed by atoms with Gasteiger partial charge in [0.15, 0.2) is 0 Å². The number of nitrogens with one attached hydrogen (secondary N) is 1. The second-order valence-corrected chi connectivity index (χ2v) is 7.39. The Bertz CT molecular complexity index is 1240. The Morgan fingerprint density at radius 3 is 2.32 bits per heavy atom. The van der Waals surface area contributed by atoms with Crippen LogP contribution in [0.1, 0.15) is 15.9 Å². The van der Waals surface area contributed by atoms with Gasteiger partial charge in [-0.15, -0.1) is 0 Å². The fraction of sp³-hybridized carbons (Fsp3) is 0.0556. The zero-order valence-corrected chi connectivity index (χ0v) is 15.2. The van der Waals surface area contributed by atoms with E-state index in [0.29, 0.717) is 5.39 Å². The van der Waals surface area contributed by atoms with Crippen LogP contribution in [0.4, 0.5) is 11.4 Å². The summed E-state index contributed by atoms with van der Waals surface area (Å²) in [5, 5.41) is 24.1. The first-order valence-corrected chi connectivity index (χ1v) is 9.32. The first kappa shape index (κ1) is 19.3. The molecule has 0 saturated heterocycles. The van der Waals surface area contributed by atoms with Crippen LogP contribution in [0.2, 0.25) is 0 Å². The highest BCUT2D eigenvalue weighted by Crippen LogP contribution is 2.37. The molecule has 0 fully saturated rings. The van der Waals surface area contributed by atoms with Gasteiger partial charge in [0.05, 0.1) is 10.6 Å². The molecule has 1 amide bonds. The van der Waals surface area contributed by atoms with Crippen molar-refractivity contribution < 1.29 is 27.8 Å². The number of nitro groups is 1. The third-order valence-electron chi connectivity index (χ3n) is 4.16. The third-order valence-corrected chi connectivity index (χ3v) is 5.03. The molecule has 0 unspecified atom stereocenters. The summed E-state index contributed by atoms with van der Waals surface area (Å²) in [5.74, 6) is -1.28. The lowest BCUT2D eigenvalue weighted by Crippen LogP contribution is -2.13. The minimum Gasteiger partial charge on any atom is -0.506 e. The molecule has 3 aromatic rings. The Morgan fingerprint density at radius 2 is 1.75 bits per heavy atom. The second-order valence-electron chi connectivity index (χ2n) is 6.00. The van der Waals surface area contributed by atoms with Crippen molar-refractivity contribution in [2.45, 2.75) is 11.8 Å². The van der Waals surface area contributed by atoms with Gasteiger partial charge in [-0.3, -0.25) is 19.5 Å². The number of benzene rings is 3. The summed E-state index contributed by atoms with van der Waals surface area (Å²) in [5.41, 5.74) is 0.308. The van der Waals surface area contributed by atoms with Crippen LogP contribution >= 0.6 is 0 Å². The Morgan fingerprint density at radius 1 is 1.11 bits per heavy atom. The van der Waals surface area contributed by atoms with E-state index < -0.39 is 31.6 Å². The van der Waals surface area contributed by atoms with E-state index in [9.17, 15) is 33.0 Å². The van der Waals surface area contributed by atoms with E-state index in [1.807, 2.05) is 0 Å². The van der Waals surface area contributed by atoms with Crippen LogP contribution in [0.3, 0.4) is 0 Å². The molecular formula is C18H14N2O7S. The molecule has 0 radical (unpaired) electrons. The molecule has 0 spiro atoms. The van der Waals surface area contributed by atoms with E-state index in [1.54, 1.807) is 18.2 Å². The number of anilines is 1. The number of amides is 1. The average Bonchev–Trinajstić information content (AvgIpc) is 2.62. The quantitative estimate of drug-likeness (QED) is 0.263. The highest BCUT2D eigenvalue weighted by Gasteiger charge is 2.22. The van der Waals surface area contributed by atoms with E-state index in [1.165, 1.54) is 31.2 Å². The van der Waals surface area contributed by atoms with Crippen LogP contribution in [0.25, 0.3) is 10.8 Å². The van der Waals surface area contributed by atoms with Gasteiger partial charge >= 0.3 is 0 Å². The summed E-state index contributed by atoms with van der Waals surface area (Å²) in [6, 6.07) is 10.9. The number of aromatic hydroxyl groups is 1. The zero-order valence-electron chi connectivity index (χ0n) is 14.4. The topological polar surface area (TPSA) is 147 Å². The van der Waals surface area contributed by atoms with Gasteiger partial charge in [0.1, 0.15) is 10.6 Å². The molecule has 10 heteroatoms.